The highest BCUT2D eigenvalue weighted by Gasteiger charge is 2.24. The van der Waals surface area contributed by atoms with Crippen molar-refractivity contribution >= 4 is 34.5 Å². The van der Waals surface area contributed by atoms with Crippen molar-refractivity contribution in [2.45, 2.75) is 53.5 Å². The van der Waals surface area contributed by atoms with Crippen LogP contribution in [0.5, 0.6) is 5.75 Å². The number of carbonyl (C=O) groups excluding carboxylic acids is 2. The Hall–Kier alpha value is -3.67. The first-order chi connectivity index (χ1) is 18.7. The van der Waals surface area contributed by atoms with Crippen LogP contribution in [0.1, 0.15) is 46.4 Å². The van der Waals surface area contributed by atoms with Gasteiger partial charge >= 0.3 is 6.09 Å². The van der Waals surface area contributed by atoms with E-state index in [2.05, 4.69) is 26.1 Å². The molecule has 0 saturated heterocycles. The number of aromatic nitrogens is 4. The molecule has 0 aliphatic carbocycles. The third-order valence-corrected chi connectivity index (χ3v) is 5.98. The van der Waals surface area contributed by atoms with Crippen molar-refractivity contribution in [1.29, 1.82) is 0 Å². The van der Waals surface area contributed by atoms with E-state index in [9.17, 15) is 9.59 Å². The van der Waals surface area contributed by atoms with Gasteiger partial charge in [0, 0.05) is 26.3 Å². The van der Waals surface area contributed by atoms with Crippen molar-refractivity contribution in [2.75, 3.05) is 45.3 Å². The molecule has 0 unspecified atom stereocenters. The Bertz CT molecular complexity index is 1240. The van der Waals surface area contributed by atoms with Gasteiger partial charge in [-0.1, -0.05) is 27.7 Å². The Morgan fingerprint density at radius 1 is 1.05 bits per heavy atom. The molecule has 2 heterocycles. The van der Waals surface area contributed by atoms with Gasteiger partial charge in [0.25, 0.3) is 0 Å². The lowest BCUT2D eigenvalue weighted by Gasteiger charge is -2.21. The van der Waals surface area contributed by atoms with Gasteiger partial charge in [-0.05, 0) is 43.7 Å². The molecule has 0 bridgehead atoms. The Balaban J connectivity index is 1.53. The van der Waals surface area contributed by atoms with Crippen LogP contribution in [0.25, 0.3) is 16.7 Å². The maximum atomic E-state index is 12.7. The van der Waals surface area contributed by atoms with Gasteiger partial charge in [-0.3, -0.25) is 9.20 Å². The lowest BCUT2D eigenvalue weighted by molar-refractivity contribution is -0.124. The SMILES string of the molecule is COCCOc1ccc2c(c1)nc(NCCCCNC(=O)[C@@H](NC(=O)OCC(C)C)C(C)C)c1nnc(C)n12. The van der Waals surface area contributed by atoms with Crippen molar-refractivity contribution in [2.24, 2.45) is 11.8 Å². The van der Waals surface area contributed by atoms with Gasteiger partial charge in [0.05, 0.1) is 24.2 Å². The monoisotopic (exact) mass is 543 g/mol. The molecular formula is C27H41N7O5. The molecule has 0 spiro atoms. The Kier molecular flexibility index (Phi) is 11.1. The highest BCUT2D eigenvalue weighted by Crippen LogP contribution is 2.25. The normalized spacial score (nSPS) is 12.2. The van der Waals surface area contributed by atoms with Crippen molar-refractivity contribution in [3.63, 3.8) is 0 Å². The number of benzene rings is 1. The van der Waals surface area contributed by atoms with Crippen LogP contribution in [0.15, 0.2) is 18.2 Å². The molecule has 2 amide bonds. The van der Waals surface area contributed by atoms with E-state index in [0.29, 0.717) is 50.1 Å². The number of ether oxygens (including phenoxy) is 3. The first-order valence-electron chi connectivity index (χ1n) is 13.4. The minimum atomic E-state index is -0.655. The number of aryl methyl sites for hydroxylation is 1. The van der Waals surface area contributed by atoms with Gasteiger partial charge in [-0.25, -0.2) is 9.78 Å². The second kappa shape index (κ2) is 14.5. The number of rotatable bonds is 15. The number of methoxy groups -OCH3 is 1. The summed E-state index contributed by atoms with van der Waals surface area (Å²) in [5, 5.41) is 17.5. The summed E-state index contributed by atoms with van der Waals surface area (Å²) < 4.78 is 17.9. The van der Waals surface area contributed by atoms with E-state index in [0.717, 1.165) is 29.7 Å². The van der Waals surface area contributed by atoms with E-state index in [4.69, 9.17) is 19.2 Å². The van der Waals surface area contributed by atoms with E-state index < -0.39 is 12.1 Å². The number of alkyl carbamates (subject to hydrolysis) is 1. The molecule has 1 aromatic carbocycles. The molecule has 0 fully saturated rings. The highest BCUT2D eigenvalue weighted by atomic mass is 16.5. The van der Waals surface area contributed by atoms with Crippen LogP contribution < -0.4 is 20.7 Å². The third kappa shape index (κ3) is 8.41. The summed E-state index contributed by atoms with van der Waals surface area (Å²) in [6.07, 6.45) is 0.956. The molecule has 1 atom stereocenters. The van der Waals surface area contributed by atoms with Gasteiger partial charge in [-0.15, -0.1) is 10.2 Å². The number of nitrogens with one attached hydrogen (secondary N) is 3. The summed E-state index contributed by atoms with van der Waals surface area (Å²) in [5.41, 5.74) is 2.30. The number of hydrogen-bond donors (Lipinski definition) is 3. The molecule has 3 aromatic rings. The largest absolute Gasteiger partial charge is 0.491 e. The van der Waals surface area contributed by atoms with Crippen LogP contribution in [0.4, 0.5) is 10.6 Å². The number of nitrogens with zero attached hydrogens (tertiary/aromatic N) is 4. The van der Waals surface area contributed by atoms with E-state index >= 15 is 0 Å². The summed E-state index contributed by atoms with van der Waals surface area (Å²) >= 11 is 0. The molecule has 39 heavy (non-hydrogen) atoms. The Morgan fingerprint density at radius 2 is 1.82 bits per heavy atom. The summed E-state index contributed by atoms with van der Waals surface area (Å²) in [6, 6.07) is 5.08. The summed E-state index contributed by atoms with van der Waals surface area (Å²) in [4.78, 5) is 29.5. The Morgan fingerprint density at radius 3 is 2.54 bits per heavy atom. The van der Waals surface area contributed by atoms with E-state index in [1.54, 1.807) is 7.11 Å². The molecule has 12 heteroatoms. The number of anilines is 1. The quantitative estimate of drug-likeness (QED) is 0.246. The van der Waals surface area contributed by atoms with Crippen LogP contribution in [-0.4, -0.2) is 77.6 Å². The fourth-order valence-corrected chi connectivity index (χ4v) is 3.93. The highest BCUT2D eigenvalue weighted by molar-refractivity contribution is 5.86. The molecule has 0 aliphatic rings. The van der Waals surface area contributed by atoms with E-state index in [-0.39, 0.29) is 17.7 Å². The molecule has 0 saturated carbocycles. The second-order valence-corrected chi connectivity index (χ2v) is 10.1. The van der Waals surface area contributed by atoms with Crippen molar-refractivity contribution in [3.05, 3.63) is 24.0 Å². The van der Waals surface area contributed by atoms with Gasteiger partial charge in [0.15, 0.2) is 5.82 Å². The molecular weight excluding hydrogens is 502 g/mol. The lowest BCUT2D eigenvalue weighted by Crippen LogP contribution is -2.50. The number of carbonyl (C=O) groups is 2. The Labute approximate surface area is 229 Å². The zero-order valence-electron chi connectivity index (χ0n) is 23.7. The average Bonchev–Trinajstić information content (AvgIpc) is 3.29. The van der Waals surface area contributed by atoms with Gasteiger partial charge in [0.2, 0.25) is 11.6 Å². The van der Waals surface area contributed by atoms with Crippen molar-refractivity contribution in [1.82, 2.24) is 30.2 Å². The molecule has 2 aromatic heterocycles. The standard InChI is InChI=1S/C27H41N7O5/c1-17(2)16-39-27(36)31-23(18(3)4)26(35)29-12-8-7-11-28-24-25-33-32-19(5)34(25)22-10-9-20(15-21(22)30-24)38-14-13-37-6/h9-10,15,17-18,23H,7-8,11-14,16H2,1-6H3,(H,28,30)(H,29,35)(H,31,36)/t23-/m0/s1. The van der Waals surface area contributed by atoms with Gasteiger partial charge in [-0.2, -0.15) is 0 Å². The minimum absolute atomic E-state index is 0.0721. The van der Waals surface area contributed by atoms with E-state index in [1.165, 1.54) is 0 Å². The molecule has 0 radical (unpaired) electrons. The predicted molar refractivity (Wildman–Crippen MR) is 149 cm³/mol. The maximum Gasteiger partial charge on any atom is 0.407 e. The fraction of sp³-hybridized carbons (Fsp3) is 0.593. The molecule has 0 aliphatic heterocycles. The molecule has 214 valence electrons. The smallest absolute Gasteiger partial charge is 0.407 e. The molecule has 12 nitrogen and oxygen atoms in total. The molecule has 3 N–H and O–H groups in total. The zero-order valence-corrected chi connectivity index (χ0v) is 23.7. The summed E-state index contributed by atoms with van der Waals surface area (Å²) in [5.74, 6) is 2.03. The van der Waals surface area contributed by atoms with Crippen molar-refractivity contribution < 1.29 is 23.8 Å². The topological polar surface area (TPSA) is 141 Å². The molecule has 3 rings (SSSR count). The third-order valence-electron chi connectivity index (χ3n) is 5.98. The predicted octanol–water partition coefficient (Wildman–Crippen LogP) is 3.33. The number of amides is 2. The fourth-order valence-electron chi connectivity index (χ4n) is 3.93. The van der Waals surface area contributed by atoms with Gasteiger partial charge < -0.3 is 30.2 Å². The zero-order chi connectivity index (χ0) is 28.4. The first-order valence-corrected chi connectivity index (χ1v) is 13.4. The number of hydrogen-bond acceptors (Lipinski definition) is 9. The minimum Gasteiger partial charge on any atom is -0.491 e. The second-order valence-electron chi connectivity index (χ2n) is 10.1. The average molecular weight is 544 g/mol. The lowest BCUT2D eigenvalue weighted by atomic mass is 10.0. The first kappa shape index (κ1) is 29.9. The van der Waals surface area contributed by atoms with E-state index in [1.807, 2.05) is 57.2 Å². The van der Waals surface area contributed by atoms with Crippen LogP contribution in [0.2, 0.25) is 0 Å². The van der Waals surface area contributed by atoms with Gasteiger partial charge in [0.1, 0.15) is 24.2 Å². The van der Waals surface area contributed by atoms with Crippen LogP contribution >= 0.6 is 0 Å². The number of fused-ring (bicyclic) bond motifs is 3. The maximum absolute atomic E-state index is 12.7. The summed E-state index contributed by atoms with van der Waals surface area (Å²) in [7, 11) is 1.63. The van der Waals surface area contributed by atoms with Crippen LogP contribution in [0, 0.1) is 18.8 Å². The summed E-state index contributed by atoms with van der Waals surface area (Å²) in [6.45, 7) is 12.0. The van der Waals surface area contributed by atoms with Crippen LogP contribution in [0.3, 0.4) is 0 Å². The number of unbranched alkanes of at least 4 members (excludes halogenated alkanes) is 1. The van der Waals surface area contributed by atoms with Crippen molar-refractivity contribution in [3.8, 4) is 5.75 Å². The van der Waals surface area contributed by atoms with Crippen LogP contribution in [-0.2, 0) is 14.3 Å².